The molecule has 4 rings (SSSR count). The molecule has 0 radical (unpaired) electrons. The van der Waals surface area contributed by atoms with E-state index in [1.807, 2.05) is 45.0 Å². The maximum absolute atomic E-state index is 14.3. The average molecular weight is 543 g/mol. The van der Waals surface area contributed by atoms with Crippen LogP contribution in [0, 0.1) is 23.2 Å². The molecule has 7 heteroatoms. The molecule has 216 valence electrons. The number of carbonyl (C=O) groups is 1. The first-order chi connectivity index (χ1) is 18.5. The Labute approximate surface area is 233 Å². The third-order valence-corrected chi connectivity index (χ3v) is 9.15. The van der Waals surface area contributed by atoms with E-state index in [-0.39, 0.29) is 35.7 Å². The van der Waals surface area contributed by atoms with Gasteiger partial charge >= 0.3 is 0 Å². The molecule has 6 atom stereocenters. The predicted molar refractivity (Wildman–Crippen MR) is 149 cm³/mol. The molecule has 0 spiro atoms. The van der Waals surface area contributed by atoms with Crippen molar-refractivity contribution in [2.75, 3.05) is 27.6 Å². The number of carbonyl (C=O) groups excluding carboxylic acids is 1. The van der Waals surface area contributed by atoms with Gasteiger partial charge in [-0.1, -0.05) is 50.6 Å². The number of hydrogen-bond acceptors (Lipinski definition) is 7. The topological polar surface area (TPSA) is 72.5 Å². The number of fused-ring (bicyclic) bond motifs is 2. The quantitative estimate of drug-likeness (QED) is 0.271. The second kappa shape index (κ2) is 11.8. The van der Waals surface area contributed by atoms with Crippen molar-refractivity contribution in [3.8, 4) is 5.75 Å². The summed E-state index contributed by atoms with van der Waals surface area (Å²) in [5, 5.41) is 0. The molecule has 0 amide bonds. The minimum absolute atomic E-state index is 0.0808. The van der Waals surface area contributed by atoms with E-state index < -0.39 is 23.6 Å². The lowest BCUT2D eigenvalue weighted by molar-refractivity contribution is -0.209. The smallest absolute Gasteiger partial charge is 0.165 e. The highest BCUT2D eigenvalue weighted by molar-refractivity contribution is 5.86. The van der Waals surface area contributed by atoms with Crippen LogP contribution in [0.25, 0.3) is 0 Å². The van der Waals surface area contributed by atoms with E-state index in [9.17, 15) is 4.79 Å². The largest absolute Gasteiger partial charge is 0.497 e. The van der Waals surface area contributed by atoms with Crippen LogP contribution in [0.15, 0.2) is 48.6 Å². The van der Waals surface area contributed by atoms with Crippen LogP contribution < -0.4 is 4.74 Å². The fourth-order valence-electron chi connectivity index (χ4n) is 6.87. The van der Waals surface area contributed by atoms with Gasteiger partial charge in [-0.2, -0.15) is 0 Å². The normalized spacial score (nSPS) is 33.9. The Kier molecular flexibility index (Phi) is 9.08. The number of ketones is 1. The fraction of sp³-hybridized carbons (Fsp3) is 0.656. The number of rotatable bonds is 10. The van der Waals surface area contributed by atoms with E-state index in [0.29, 0.717) is 19.6 Å². The summed E-state index contributed by atoms with van der Waals surface area (Å²) in [6.07, 6.45) is 5.61. The Bertz CT molecular complexity index is 1040. The molecule has 1 aromatic rings. The van der Waals surface area contributed by atoms with Gasteiger partial charge in [-0.05, 0) is 56.2 Å². The number of benzene rings is 1. The second-order valence-electron chi connectivity index (χ2n) is 12.2. The van der Waals surface area contributed by atoms with Crippen LogP contribution in [0.3, 0.4) is 0 Å². The molecule has 1 heterocycles. The second-order valence-corrected chi connectivity index (χ2v) is 12.2. The van der Waals surface area contributed by atoms with Crippen LogP contribution in [0.5, 0.6) is 5.75 Å². The van der Waals surface area contributed by atoms with Gasteiger partial charge in [0, 0.05) is 24.9 Å². The highest BCUT2D eigenvalue weighted by atomic mass is 16.8. The molecule has 2 fully saturated rings. The summed E-state index contributed by atoms with van der Waals surface area (Å²) in [6.45, 7) is 15.2. The molecule has 1 saturated heterocycles. The molecule has 7 nitrogen and oxygen atoms in total. The van der Waals surface area contributed by atoms with Crippen molar-refractivity contribution in [3.63, 3.8) is 0 Å². The predicted octanol–water partition coefficient (Wildman–Crippen LogP) is 5.86. The van der Waals surface area contributed by atoms with Gasteiger partial charge < -0.3 is 28.4 Å². The molecule has 1 aliphatic heterocycles. The Morgan fingerprint density at radius 3 is 2.44 bits per heavy atom. The summed E-state index contributed by atoms with van der Waals surface area (Å²) in [5.41, 5.74) is 1.31. The summed E-state index contributed by atoms with van der Waals surface area (Å²) in [5.74, 6) is -0.466. The first-order valence-electron chi connectivity index (χ1n) is 14.0. The Morgan fingerprint density at radius 2 is 1.85 bits per heavy atom. The van der Waals surface area contributed by atoms with Gasteiger partial charge in [-0.3, -0.25) is 4.79 Å². The SMILES string of the molecule is C=C[C@@H](OCc1ccc(OC)cc1)[C@]1([C@H]2C/C=C3/CC[C@H]([C@@H](OCOC)C(=O)[C@@H]2C)C3(C)C)COC(C)(C)O1. The van der Waals surface area contributed by atoms with Crippen LogP contribution in [0.1, 0.15) is 59.4 Å². The zero-order chi connectivity index (χ0) is 28.4. The number of hydrogen-bond donors (Lipinski definition) is 0. The molecule has 2 aliphatic carbocycles. The summed E-state index contributed by atoms with van der Waals surface area (Å²) < 4.78 is 36.2. The van der Waals surface area contributed by atoms with Gasteiger partial charge in [0.1, 0.15) is 30.4 Å². The molecule has 1 aromatic carbocycles. The molecule has 0 aromatic heterocycles. The third kappa shape index (κ3) is 5.89. The van der Waals surface area contributed by atoms with Crippen molar-refractivity contribution in [2.45, 2.75) is 84.1 Å². The van der Waals surface area contributed by atoms with Gasteiger partial charge in [-0.25, -0.2) is 0 Å². The van der Waals surface area contributed by atoms with Crippen LogP contribution in [0.2, 0.25) is 0 Å². The van der Waals surface area contributed by atoms with Gasteiger partial charge in [0.05, 0.1) is 20.3 Å². The lowest BCUT2D eigenvalue weighted by atomic mass is 9.70. The average Bonchev–Trinajstić information content (AvgIpc) is 3.40. The summed E-state index contributed by atoms with van der Waals surface area (Å²) in [4.78, 5) is 14.3. The maximum Gasteiger partial charge on any atom is 0.165 e. The third-order valence-electron chi connectivity index (χ3n) is 9.15. The zero-order valence-electron chi connectivity index (χ0n) is 24.7. The zero-order valence-corrected chi connectivity index (χ0v) is 24.7. The van der Waals surface area contributed by atoms with Crippen molar-refractivity contribution in [2.24, 2.45) is 23.2 Å². The monoisotopic (exact) mass is 542 g/mol. The highest BCUT2D eigenvalue weighted by Crippen LogP contribution is 2.53. The van der Waals surface area contributed by atoms with E-state index in [2.05, 4.69) is 26.5 Å². The summed E-state index contributed by atoms with van der Waals surface area (Å²) >= 11 is 0. The summed E-state index contributed by atoms with van der Waals surface area (Å²) in [7, 11) is 3.24. The molecule has 2 bridgehead atoms. The molecule has 0 unspecified atom stereocenters. The van der Waals surface area contributed by atoms with E-state index >= 15 is 0 Å². The van der Waals surface area contributed by atoms with Gasteiger partial charge in [0.25, 0.3) is 0 Å². The van der Waals surface area contributed by atoms with Crippen LogP contribution in [-0.4, -0.2) is 57.0 Å². The Morgan fingerprint density at radius 1 is 1.13 bits per heavy atom. The molecule has 3 aliphatic rings. The minimum atomic E-state index is -0.913. The Hall–Kier alpha value is -2.03. The van der Waals surface area contributed by atoms with Gasteiger partial charge in [0.2, 0.25) is 0 Å². The first kappa shape index (κ1) is 29.9. The van der Waals surface area contributed by atoms with E-state index in [4.69, 9.17) is 28.4 Å². The number of ether oxygens (including phenoxy) is 6. The van der Waals surface area contributed by atoms with Crippen molar-refractivity contribution in [3.05, 3.63) is 54.1 Å². The molecule has 0 N–H and O–H groups in total. The van der Waals surface area contributed by atoms with Crippen LogP contribution in [0.4, 0.5) is 0 Å². The Balaban J connectivity index is 1.71. The minimum Gasteiger partial charge on any atom is -0.497 e. The molecular weight excluding hydrogens is 496 g/mol. The van der Waals surface area contributed by atoms with Crippen molar-refractivity contribution >= 4 is 5.78 Å². The molecular formula is C32H46O7. The van der Waals surface area contributed by atoms with Crippen LogP contribution >= 0.6 is 0 Å². The fourth-order valence-corrected chi connectivity index (χ4v) is 6.87. The van der Waals surface area contributed by atoms with Crippen LogP contribution in [-0.2, 0) is 35.1 Å². The van der Waals surface area contributed by atoms with Gasteiger partial charge in [-0.15, -0.1) is 6.58 Å². The lowest BCUT2D eigenvalue weighted by Crippen LogP contribution is -2.56. The van der Waals surface area contributed by atoms with Crippen molar-refractivity contribution < 1.29 is 33.2 Å². The molecule has 39 heavy (non-hydrogen) atoms. The molecule has 1 saturated carbocycles. The highest BCUT2D eigenvalue weighted by Gasteiger charge is 2.59. The van der Waals surface area contributed by atoms with Crippen molar-refractivity contribution in [1.29, 1.82) is 0 Å². The summed E-state index contributed by atoms with van der Waals surface area (Å²) in [6, 6.07) is 7.79. The lowest BCUT2D eigenvalue weighted by Gasteiger charge is -2.44. The van der Waals surface area contributed by atoms with E-state index in [1.165, 1.54) is 5.57 Å². The van der Waals surface area contributed by atoms with E-state index in [0.717, 1.165) is 24.2 Å². The number of allylic oxidation sites excluding steroid dienone is 2. The standard InChI is InChI=1S/C32H46O7/c1-9-27(36-18-22-10-14-24(35-8)15-11-22)32(19-38-31(5,6)39-32)25-16-12-23-13-17-26(30(23,3)4)29(37-20-34-7)28(33)21(25)2/h9-12,14-15,21,25-27,29H,1,13,16-20H2,2-8H3/b23-12-/t21-,25+,26-,27-,29-,32-/m1/s1. The van der Waals surface area contributed by atoms with E-state index in [1.54, 1.807) is 20.3 Å². The van der Waals surface area contributed by atoms with Crippen molar-refractivity contribution in [1.82, 2.24) is 0 Å². The number of Topliss-reactive ketones (excluding diaryl/α,β-unsaturated/α-hetero) is 1. The number of methoxy groups -OCH3 is 2. The first-order valence-corrected chi connectivity index (χ1v) is 14.0. The van der Waals surface area contributed by atoms with Gasteiger partial charge in [0.15, 0.2) is 11.6 Å². The maximum atomic E-state index is 14.3.